The van der Waals surface area contributed by atoms with E-state index in [0.717, 1.165) is 32.0 Å². The monoisotopic (exact) mass is 350 g/mol. The van der Waals surface area contributed by atoms with Crippen LogP contribution in [-0.4, -0.2) is 53.1 Å². The molecule has 128 valence electrons. The van der Waals surface area contributed by atoms with Crippen molar-refractivity contribution in [3.63, 3.8) is 0 Å². The lowest BCUT2D eigenvalue weighted by Crippen LogP contribution is -2.44. The zero-order valence-electron chi connectivity index (χ0n) is 13.7. The molecule has 0 aromatic carbocycles. The van der Waals surface area contributed by atoms with E-state index in [4.69, 9.17) is 11.6 Å². The number of likely N-dealkylation sites (N-methyl/N-ethyl adjacent to an activating group) is 1. The number of pyridine rings is 1. The van der Waals surface area contributed by atoms with Gasteiger partial charge in [-0.1, -0.05) is 11.6 Å². The van der Waals surface area contributed by atoms with Crippen molar-refractivity contribution in [1.29, 1.82) is 0 Å². The fraction of sp³-hybridized carbons (Fsp3) is 0.438. The van der Waals surface area contributed by atoms with Crippen LogP contribution in [0.15, 0.2) is 24.4 Å². The van der Waals surface area contributed by atoms with Gasteiger partial charge in [0, 0.05) is 32.2 Å². The van der Waals surface area contributed by atoms with Crippen LogP contribution in [0.4, 0.5) is 16.2 Å². The topological polar surface area (TPSA) is 57.2 Å². The number of halogens is 2. The molecule has 0 amide bonds. The van der Waals surface area contributed by atoms with Gasteiger partial charge in [-0.2, -0.15) is 4.98 Å². The van der Waals surface area contributed by atoms with E-state index in [9.17, 15) is 4.39 Å². The van der Waals surface area contributed by atoms with Gasteiger partial charge in [0.05, 0.1) is 17.9 Å². The lowest BCUT2D eigenvalue weighted by molar-refractivity contribution is 0.312. The number of hydrogen-bond donors (Lipinski definition) is 1. The lowest BCUT2D eigenvalue weighted by Gasteiger charge is -2.33. The third-order valence-corrected chi connectivity index (χ3v) is 4.24. The van der Waals surface area contributed by atoms with Crippen LogP contribution >= 0.6 is 11.6 Å². The summed E-state index contributed by atoms with van der Waals surface area (Å²) in [4.78, 5) is 17.3. The third kappa shape index (κ3) is 4.10. The Bertz CT molecular complexity index is 687. The van der Waals surface area contributed by atoms with Gasteiger partial charge in [0.25, 0.3) is 0 Å². The van der Waals surface area contributed by atoms with Crippen LogP contribution in [-0.2, 0) is 0 Å². The molecule has 0 aliphatic carbocycles. The lowest BCUT2D eigenvalue weighted by atomic mass is 10.2. The minimum absolute atomic E-state index is 0.163. The Morgan fingerprint density at radius 3 is 2.62 bits per heavy atom. The third-order valence-electron chi connectivity index (χ3n) is 4.05. The van der Waals surface area contributed by atoms with E-state index >= 15 is 0 Å². The number of aromatic nitrogens is 3. The van der Waals surface area contributed by atoms with Crippen molar-refractivity contribution < 1.29 is 4.39 Å². The van der Waals surface area contributed by atoms with Gasteiger partial charge in [0.1, 0.15) is 16.8 Å². The molecule has 1 saturated heterocycles. The van der Waals surface area contributed by atoms with E-state index in [-0.39, 0.29) is 11.9 Å². The molecular weight excluding hydrogens is 331 g/mol. The predicted octanol–water partition coefficient (Wildman–Crippen LogP) is 2.59. The minimum Gasteiger partial charge on any atom is -0.354 e. The van der Waals surface area contributed by atoms with Crippen molar-refractivity contribution in [2.24, 2.45) is 0 Å². The average molecular weight is 351 g/mol. The van der Waals surface area contributed by atoms with Gasteiger partial charge in [-0.05, 0) is 26.1 Å². The summed E-state index contributed by atoms with van der Waals surface area (Å²) >= 11 is 6.15. The summed E-state index contributed by atoms with van der Waals surface area (Å²) in [5.41, 5.74) is 0.709. The van der Waals surface area contributed by atoms with Crippen LogP contribution < -0.4 is 10.2 Å². The smallest absolute Gasteiger partial charge is 0.226 e. The summed E-state index contributed by atoms with van der Waals surface area (Å²) in [6.45, 7) is 5.69. The fourth-order valence-corrected chi connectivity index (χ4v) is 2.76. The Morgan fingerprint density at radius 1 is 1.21 bits per heavy atom. The number of piperazine rings is 1. The van der Waals surface area contributed by atoms with Gasteiger partial charge in [-0.15, -0.1) is 0 Å². The first-order valence-electron chi connectivity index (χ1n) is 7.87. The highest BCUT2D eigenvalue weighted by molar-refractivity contribution is 6.29. The maximum Gasteiger partial charge on any atom is 0.226 e. The van der Waals surface area contributed by atoms with E-state index in [2.05, 4.69) is 37.1 Å². The summed E-state index contributed by atoms with van der Waals surface area (Å²) in [5, 5.41) is 3.57. The van der Waals surface area contributed by atoms with Gasteiger partial charge in [0.2, 0.25) is 5.95 Å². The number of hydrogen-bond acceptors (Lipinski definition) is 6. The van der Waals surface area contributed by atoms with E-state index < -0.39 is 0 Å². The highest BCUT2D eigenvalue weighted by Gasteiger charge is 2.17. The predicted molar refractivity (Wildman–Crippen MR) is 93.0 cm³/mol. The Kier molecular flexibility index (Phi) is 5.11. The molecule has 3 heterocycles. The second kappa shape index (κ2) is 7.27. The summed E-state index contributed by atoms with van der Waals surface area (Å²) in [6, 6.07) is 4.64. The average Bonchev–Trinajstić information content (AvgIpc) is 2.55. The molecule has 1 aliphatic heterocycles. The van der Waals surface area contributed by atoms with E-state index in [1.54, 1.807) is 12.1 Å². The zero-order valence-corrected chi connectivity index (χ0v) is 14.5. The largest absolute Gasteiger partial charge is 0.354 e. The normalized spacial score (nSPS) is 16.9. The number of anilines is 2. The van der Waals surface area contributed by atoms with E-state index in [1.807, 2.05) is 6.92 Å². The molecule has 0 unspecified atom stereocenters. The summed E-state index contributed by atoms with van der Waals surface area (Å²) in [7, 11) is 2.11. The van der Waals surface area contributed by atoms with Crippen molar-refractivity contribution in [1.82, 2.24) is 19.9 Å². The van der Waals surface area contributed by atoms with Crippen LogP contribution in [0.25, 0.3) is 0 Å². The Labute approximate surface area is 145 Å². The molecule has 1 aliphatic rings. The maximum atomic E-state index is 13.0. The molecule has 0 radical (unpaired) electrons. The molecule has 2 aromatic heterocycles. The first kappa shape index (κ1) is 16.9. The van der Waals surface area contributed by atoms with Crippen molar-refractivity contribution >= 4 is 23.4 Å². The molecule has 0 bridgehead atoms. The van der Waals surface area contributed by atoms with Gasteiger partial charge in [0.15, 0.2) is 0 Å². The van der Waals surface area contributed by atoms with Crippen molar-refractivity contribution in [2.45, 2.75) is 13.0 Å². The highest BCUT2D eigenvalue weighted by atomic mass is 35.5. The second-order valence-corrected chi connectivity index (χ2v) is 6.32. The first-order valence-corrected chi connectivity index (χ1v) is 8.25. The van der Waals surface area contributed by atoms with Crippen molar-refractivity contribution in [3.8, 4) is 0 Å². The minimum atomic E-state index is -0.359. The molecular formula is C16H20ClFN6. The van der Waals surface area contributed by atoms with Crippen LogP contribution in [0.3, 0.4) is 0 Å². The van der Waals surface area contributed by atoms with Crippen LogP contribution in [0, 0.1) is 5.82 Å². The molecule has 0 saturated carbocycles. The number of nitrogens with one attached hydrogen (secondary N) is 1. The van der Waals surface area contributed by atoms with Crippen molar-refractivity contribution in [3.05, 3.63) is 41.1 Å². The SMILES string of the molecule is C[C@H](Nc1nc(Cl)cc(N2CCN(C)CC2)n1)c1ccc(F)cn1. The van der Waals surface area contributed by atoms with E-state index in [1.165, 1.54) is 12.3 Å². The Morgan fingerprint density at radius 2 is 1.96 bits per heavy atom. The quantitative estimate of drug-likeness (QED) is 0.855. The van der Waals surface area contributed by atoms with Crippen LogP contribution in [0.5, 0.6) is 0 Å². The number of rotatable bonds is 4. The fourth-order valence-electron chi connectivity index (χ4n) is 2.58. The van der Waals surface area contributed by atoms with E-state index in [0.29, 0.717) is 16.8 Å². The molecule has 0 spiro atoms. The van der Waals surface area contributed by atoms with Gasteiger partial charge in [-0.3, -0.25) is 4.98 Å². The molecule has 24 heavy (non-hydrogen) atoms. The Hall–Kier alpha value is -1.99. The molecule has 8 heteroatoms. The maximum absolute atomic E-state index is 13.0. The molecule has 1 fully saturated rings. The molecule has 1 N–H and O–H groups in total. The number of nitrogens with zero attached hydrogens (tertiary/aromatic N) is 5. The molecule has 3 rings (SSSR count). The standard InChI is InChI=1S/C16H20ClFN6/c1-11(13-4-3-12(18)10-19-13)20-16-21-14(17)9-15(22-16)24-7-5-23(2)6-8-24/h3-4,9-11H,5-8H2,1-2H3,(H,20,21,22)/t11-/m0/s1. The summed E-state index contributed by atoms with van der Waals surface area (Å²) in [5.74, 6) is 0.891. The van der Waals surface area contributed by atoms with Gasteiger partial charge < -0.3 is 15.1 Å². The summed E-state index contributed by atoms with van der Waals surface area (Å²) < 4.78 is 13.0. The van der Waals surface area contributed by atoms with Crippen LogP contribution in [0.2, 0.25) is 5.15 Å². The summed E-state index contributed by atoms with van der Waals surface area (Å²) in [6.07, 6.45) is 1.20. The Balaban J connectivity index is 1.74. The van der Waals surface area contributed by atoms with Crippen LogP contribution in [0.1, 0.15) is 18.7 Å². The molecule has 6 nitrogen and oxygen atoms in total. The molecule has 1 atom stereocenters. The van der Waals surface area contributed by atoms with Gasteiger partial charge in [-0.25, -0.2) is 9.37 Å². The second-order valence-electron chi connectivity index (χ2n) is 5.93. The molecule has 2 aromatic rings. The first-order chi connectivity index (χ1) is 11.5. The highest BCUT2D eigenvalue weighted by Crippen LogP contribution is 2.22. The van der Waals surface area contributed by atoms with Gasteiger partial charge >= 0.3 is 0 Å². The van der Waals surface area contributed by atoms with Crippen molar-refractivity contribution in [2.75, 3.05) is 43.4 Å². The zero-order chi connectivity index (χ0) is 17.1.